The lowest BCUT2D eigenvalue weighted by atomic mass is 10.0. The van der Waals surface area contributed by atoms with Crippen LogP contribution in [0.2, 0.25) is 0 Å². The molecule has 0 radical (unpaired) electrons. The molecule has 0 spiro atoms. The van der Waals surface area contributed by atoms with Gasteiger partial charge < -0.3 is 14.2 Å². The molecule has 4 aromatic rings. The Kier molecular flexibility index (Phi) is 5.93. The summed E-state index contributed by atoms with van der Waals surface area (Å²) in [6, 6.07) is 18.3. The molecule has 168 valence electrons. The quantitative estimate of drug-likeness (QED) is 0.448. The highest BCUT2D eigenvalue weighted by Gasteiger charge is 2.28. The summed E-state index contributed by atoms with van der Waals surface area (Å²) in [4.78, 5) is 19.7. The summed E-state index contributed by atoms with van der Waals surface area (Å²) in [5, 5.41) is 4.82. The summed E-state index contributed by atoms with van der Waals surface area (Å²) in [7, 11) is 1.64. The molecule has 3 heterocycles. The molecule has 1 aliphatic rings. The number of hydrogen-bond acceptors (Lipinski definition) is 4. The van der Waals surface area contributed by atoms with Crippen molar-refractivity contribution in [3.63, 3.8) is 0 Å². The summed E-state index contributed by atoms with van der Waals surface area (Å²) < 4.78 is 9.40. The summed E-state index contributed by atoms with van der Waals surface area (Å²) in [6.45, 7) is 2.03. The van der Waals surface area contributed by atoms with Crippen molar-refractivity contribution < 1.29 is 9.53 Å². The molecule has 0 N–H and O–H groups in total. The normalized spacial score (nSPS) is 14.4. The number of benzene rings is 2. The molecular formula is C26H27N5O2. The van der Waals surface area contributed by atoms with Gasteiger partial charge in [0.05, 0.1) is 25.5 Å². The number of carbonyl (C=O) groups excluding carboxylic acids is 1. The largest absolute Gasteiger partial charge is 0.497 e. The number of carbonyl (C=O) groups is 1. The van der Waals surface area contributed by atoms with Crippen LogP contribution in [0, 0.1) is 0 Å². The zero-order valence-corrected chi connectivity index (χ0v) is 18.7. The van der Waals surface area contributed by atoms with Gasteiger partial charge in [-0.2, -0.15) is 5.10 Å². The second-order valence-corrected chi connectivity index (χ2v) is 8.34. The highest BCUT2D eigenvalue weighted by molar-refractivity contribution is 6.00. The van der Waals surface area contributed by atoms with Crippen molar-refractivity contribution in [1.82, 2.24) is 24.2 Å². The Hall–Kier alpha value is -3.87. The van der Waals surface area contributed by atoms with E-state index >= 15 is 0 Å². The van der Waals surface area contributed by atoms with Gasteiger partial charge in [-0.05, 0) is 30.5 Å². The Labute approximate surface area is 193 Å². The van der Waals surface area contributed by atoms with Gasteiger partial charge in [0.2, 0.25) is 0 Å². The van der Waals surface area contributed by atoms with Crippen molar-refractivity contribution in [2.75, 3.05) is 20.2 Å². The molecule has 0 atom stereocenters. The first-order valence-corrected chi connectivity index (χ1v) is 11.2. The third kappa shape index (κ3) is 4.53. The third-order valence-corrected chi connectivity index (χ3v) is 6.22. The molecule has 0 aliphatic carbocycles. The summed E-state index contributed by atoms with van der Waals surface area (Å²) in [6.07, 6.45) is 9.36. The van der Waals surface area contributed by atoms with E-state index in [0.29, 0.717) is 36.9 Å². The van der Waals surface area contributed by atoms with E-state index < -0.39 is 0 Å². The van der Waals surface area contributed by atoms with Gasteiger partial charge in [-0.1, -0.05) is 42.5 Å². The monoisotopic (exact) mass is 441 g/mol. The van der Waals surface area contributed by atoms with E-state index in [2.05, 4.69) is 21.7 Å². The maximum absolute atomic E-state index is 13.6. The molecular weight excluding hydrogens is 414 g/mol. The van der Waals surface area contributed by atoms with Gasteiger partial charge in [0.25, 0.3) is 5.91 Å². The number of aromatic nitrogens is 4. The van der Waals surface area contributed by atoms with Crippen molar-refractivity contribution in [1.29, 1.82) is 0 Å². The van der Waals surface area contributed by atoms with Crippen molar-refractivity contribution in [3.8, 4) is 17.0 Å². The SMILES string of the molecule is COc1cccc(-c2nn(Cc3ccccc3)cc2C(=O)N2CCC(n3ccnc3)CC2)c1. The van der Waals surface area contributed by atoms with Crippen LogP contribution in [0.4, 0.5) is 0 Å². The van der Waals surface area contributed by atoms with E-state index in [4.69, 9.17) is 9.84 Å². The first kappa shape index (κ1) is 21.0. The van der Waals surface area contributed by atoms with Crippen LogP contribution in [0.15, 0.2) is 79.5 Å². The molecule has 1 aliphatic heterocycles. The fourth-order valence-corrected chi connectivity index (χ4v) is 4.44. The Bertz CT molecular complexity index is 1210. The molecule has 5 rings (SSSR count). The van der Waals surface area contributed by atoms with Gasteiger partial charge in [0.1, 0.15) is 11.4 Å². The molecule has 2 aromatic heterocycles. The predicted octanol–water partition coefficient (Wildman–Crippen LogP) is 4.28. The highest BCUT2D eigenvalue weighted by Crippen LogP contribution is 2.29. The Morgan fingerprint density at radius 2 is 1.91 bits per heavy atom. The molecule has 33 heavy (non-hydrogen) atoms. The number of methoxy groups -OCH3 is 1. The molecule has 1 fully saturated rings. The molecule has 0 saturated carbocycles. The molecule has 0 bridgehead atoms. The van der Waals surface area contributed by atoms with Crippen LogP contribution in [0.3, 0.4) is 0 Å². The van der Waals surface area contributed by atoms with Gasteiger partial charge in [-0.15, -0.1) is 0 Å². The smallest absolute Gasteiger partial charge is 0.257 e. The number of imidazole rings is 1. The number of ether oxygens (including phenoxy) is 1. The Balaban J connectivity index is 1.42. The Morgan fingerprint density at radius 3 is 2.64 bits per heavy atom. The number of amides is 1. The van der Waals surface area contributed by atoms with Crippen molar-refractivity contribution in [2.24, 2.45) is 0 Å². The second-order valence-electron chi connectivity index (χ2n) is 8.34. The number of piperidine rings is 1. The van der Waals surface area contributed by atoms with Gasteiger partial charge >= 0.3 is 0 Å². The van der Waals surface area contributed by atoms with Crippen LogP contribution in [-0.4, -0.2) is 50.3 Å². The zero-order valence-electron chi connectivity index (χ0n) is 18.7. The minimum Gasteiger partial charge on any atom is -0.497 e. The summed E-state index contributed by atoms with van der Waals surface area (Å²) >= 11 is 0. The lowest BCUT2D eigenvalue weighted by molar-refractivity contribution is 0.0695. The molecule has 0 unspecified atom stereocenters. The topological polar surface area (TPSA) is 65.2 Å². The van der Waals surface area contributed by atoms with Crippen LogP contribution in [-0.2, 0) is 6.54 Å². The molecule has 7 nitrogen and oxygen atoms in total. The number of hydrogen-bond donors (Lipinski definition) is 0. The highest BCUT2D eigenvalue weighted by atomic mass is 16.5. The lowest BCUT2D eigenvalue weighted by Crippen LogP contribution is -2.39. The number of likely N-dealkylation sites (tertiary alicyclic amines) is 1. The van der Waals surface area contributed by atoms with Gasteiger partial charge in [0, 0.05) is 43.3 Å². The zero-order chi connectivity index (χ0) is 22.6. The van der Waals surface area contributed by atoms with E-state index in [1.54, 1.807) is 13.3 Å². The summed E-state index contributed by atoms with van der Waals surface area (Å²) in [5.74, 6) is 0.765. The van der Waals surface area contributed by atoms with Gasteiger partial charge in [-0.3, -0.25) is 9.48 Å². The van der Waals surface area contributed by atoms with Gasteiger partial charge in [0.15, 0.2) is 0 Å². The van der Waals surface area contributed by atoms with E-state index in [9.17, 15) is 4.79 Å². The van der Waals surface area contributed by atoms with Crippen molar-refractivity contribution in [2.45, 2.75) is 25.4 Å². The van der Waals surface area contributed by atoms with Crippen LogP contribution < -0.4 is 4.74 Å². The maximum atomic E-state index is 13.6. The van der Waals surface area contributed by atoms with E-state index in [1.807, 2.05) is 70.8 Å². The minimum atomic E-state index is 0.0243. The second kappa shape index (κ2) is 9.32. The molecule has 1 saturated heterocycles. The first-order chi connectivity index (χ1) is 16.2. The standard InChI is InChI=1S/C26H27N5O2/c1-33-23-9-5-8-21(16-23)25-24(18-31(28-25)17-20-6-3-2-4-7-20)26(32)29-13-10-22(11-14-29)30-15-12-27-19-30/h2-9,12,15-16,18-19,22H,10-11,13-14,17H2,1H3. The number of nitrogens with zero attached hydrogens (tertiary/aromatic N) is 5. The maximum Gasteiger partial charge on any atom is 0.257 e. The lowest BCUT2D eigenvalue weighted by Gasteiger charge is -2.32. The van der Waals surface area contributed by atoms with Crippen LogP contribution in [0.1, 0.15) is 34.8 Å². The molecule has 1 amide bonds. The average molecular weight is 442 g/mol. The Morgan fingerprint density at radius 1 is 1.09 bits per heavy atom. The fourth-order valence-electron chi connectivity index (χ4n) is 4.44. The van der Waals surface area contributed by atoms with E-state index in [-0.39, 0.29) is 5.91 Å². The third-order valence-electron chi connectivity index (χ3n) is 6.22. The molecule has 7 heteroatoms. The van der Waals surface area contributed by atoms with Gasteiger partial charge in [-0.25, -0.2) is 4.98 Å². The predicted molar refractivity (Wildman–Crippen MR) is 126 cm³/mol. The van der Waals surface area contributed by atoms with Crippen LogP contribution in [0.25, 0.3) is 11.3 Å². The van der Waals surface area contributed by atoms with Crippen LogP contribution in [0.5, 0.6) is 5.75 Å². The van der Waals surface area contributed by atoms with E-state index in [0.717, 1.165) is 29.7 Å². The van der Waals surface area contributed by atoms with E-state index in [1.165, 1.54) is 0 Å². The van der Waals surface area contributed by atoms with Crippen LogP contribution >= 0.6 is 0 Å². The summed E-state index contributed by atoms with van der Waals surface area (Å²) in [5.41, 5.74) is 3.32. The first-order valence-electron chi connectivity index (χ1n) is 11.2. The molecule has 2 aromatic carbocycles. The minimum absolute atomic E-state index is 0.0243. The average Bonchev–Trinajstić information content (AvgIpc) is 3.55. The fraction of sp³-hybridized carbons (Fsp3) is 0.269. The van der Waals surface area contributed by atoms with Crippen molar-refractivity contribution in [3.05, 3.63) is 90.6 Å². The number of rotatable bonds is 6. The van der Waals surface area contributed by atoms with Crippen molar-refractivity contribution >= 4 is 5.91 Å².